The molecule has 0 bridgehead atoms. The summed E-state index contributed by atoms with van der Waals surface area (Å²) < 4.78 is 0. The maximum atomic E-state index is 4.37. The number of aromatic nitrogens is 1. The summed E-state index contributed by atoms with van der Waals surface area (Å²) in [5.41, 5.74) is 3.33. The van der Waals surface area contributed by atoms with E-state index in [2.05, 4.69) is 59.9 Å². The van der Waals surface area contributed by atoms with Gasteiger partial charge in [-0.15, -0.1) is 0 Å². The number of rotatable bonds is 4. The molecule has 0 radical (unpaired) electrons. The third-order valence-corrected chi connectivity index (χ3v) is 3.59. The fraction of sp³-hybridized carbons (Fsp3) is 0.188. The van der Waals surface area contributed by atoms with E-state index in [-0.39, 0.29) is 0 Å². The molecule has 98 valence electrons. The largest absolute Gasteiger partial charge is 0.410 e. The molecule has 0 aliphatic rings. The summed E-state index contributed by atoms with van der Waals surface area (Å²) in [5, 5.41) is 0. The Kier molecular flexibility index (Phi) is 4.17. The molecule has 0 spiro atoms. The van der Waals surface area contributed by atoms with Crippen LogP contribution in [0.25, 0.3) is 11.8 Å². The van der Waals surface area contributed by atoms with Crippen LogP contribution < -0.4 is 4.98 Å². The zero-order valence-electron chi connectivity index (χ0n) is 11.7. The first kappa shape index (κ1) is 13.6. The Hall–Kier alpha value is -1.87. The zero-order valence-corrected chi connectivity index (χ0v) is 12.7. The van der Waals surface area contributed by atoms with Crippen molar-refractivity contribution in [2.75, 3.05) is 0 Å². The number of hydrogen-bond donors (Lipinski definition) is 1. The van der Waals surface area contributed by atoms with Gasteiger partial charge < -0.3 is 4.98 Å². The minimum atomic E-state index is -1.40. The summed E-state index contributed by atoms with van der Waals surface area (Å²) in [6.07, 6.45) is 3.94. The molecular formula is C16H20N2Si. The third-order valence-electron chi connectivity index (χ3n) is 2.57. The van der Waals surface area contributed by atoms with Crippen molar-refractivity contribution in [3.05, 3.63) is 66.0 Å². The first-order valence-corrected chi connectivity index (χ1v) is 10.0. The van der Waals surface area contributed by atoms with Crippen LogP contribution in [0.2, 0.25) is 19.6 Å². The van der Waals surface area contributed by atoms with E-state index in [1.54, 1.807) is 0 Å². The lowest BCUT2D eigenvalue weighted by Gasteiger charge is -2.22. The summed E-state index contributed by atoms with van der Waals surface area (Å²) in [5.74, 6) is 0. The van der Waals surface area contributed by atoms with Gasteiger partial charge in [0.15, 0.2) is 0 Å². The van der Waals surface area contributed by atoms with Gasteiger partial charge in [0.25, 0.3) is 0 Å². The van der Waals surface area contributed by atoms with Crippen LogP contribution in [0.1, 0.15) is 11.3 Å². The Morgan fingerprint density at radius 2 is 1.68 bits per heavy atom. The second kappa shape index (κ2) is 5.84. The minimum absolute atomic E-state index is 0.979. The molecular weight excluding hydrogens is 248 g/mol. The molecule has 0 aliphatic carbocycles. The van der Waals surface area contributed by atoms with Crippen molar-refractivity contribution < 1.29 is 0 Å². The number of benzene rings is 1. The first-order chi connectivity index (χ1) is 9.04. The summed E-state index contributed by atoms with van der Waals surface area (Å²) in [7, 11) is -1.40. The van der Waals surface area contributed by atoms with E-state index in [0.717, 1.165) is 11.4 Å². The maximum Gasteiger partial charge on any atom is 0.144 e. The van der Waals surface area contributed by atoms with E-state index in [1.807, 2.05) is 30.5 Å². The quantitative estimate of drug-likeness (QED) is 0.848. The molecule has 3 heteroatoms. The highest BCUT2D eigenvalue weighted by Gasteiger charge is 2.15. The third kappa shape index (κ3) is 4.37. The van der Waals surface area contributed by atoms with Gasteiger partial charge in [-0.2, -0.15) is 0 Å². The molecule has 0 saturated heterocycles. The van der Waals surface area contributed by atoms with E-state index < -0.39 is 8.24 Å². The van der Waals surface area contributed by atoms with E-state index in [0.29, 0.717) is 0 Å². The normalized spacial score (nSPS) is 12.3. The van der Waals surface area contributed by atoms with Crippen LogP contribution in [0.4, 0.5) is 0 Å². The Morgan fingerprint density at radius 1 is 1.00 bits per heavy atom. The van der Waals surface area contributed by atoms with Crippen molar-refractivity contribution in [2.24, 2.45) is 0 Å². The molecule has 0 amide bonds. The topological polar surface area (TPSA) is 24.9 Å². The van der Waals surface area contributed by atoms with Gasteiger partial charge in [0.2, 0.25) is 0 Å². The first-order valence-electron chi connectivity index (χ1n) is 6.51. The fourth-order valence-electron chi connectivity index (χ4n) is 1.82. The van der Waals surface area contributed by atoms with Gasteiger partial charge in [0.05, 0.1) is 5.69 Å². The predicted molar refractivity (Wildman–Crippen MR) is 85.0 cm³/mol. The van der Waals surface area contributed by atoms with Crippen LogP contribution >= 0.6 is 0 Å². The molecule has 1 heterocycles. The standard InChI is InChI=1S/C16H20N2Si/c1-19(2,3)18-16(14-9-5-4-6-10-14)13-15-11-7-8-12-17-15/h4-13,18H,1-3H3/b16-13+. The molecule has 2 rings (SSSR count). The van der Waals surface area contributed by atoms with Gasteiger partial charge in [-0.3, -0.25) is 4.98 Å². The van der Waals surface area contributed by atoms with Crippen LogP contribution in [0.15, 0.2) is 54.7 Å². The number of nitrogens with zero attached hydrogens (tertiary/aromatic N) is 1. The average molecular weight is 268 g/mol. The zero-order chi connectivity index (χ0) is 13.7. The molecule has 0 unspecified atom stereocenters. The van der Waals surface area contributed by atoms with Crippen LogP contribution in [0, 0.1) is 0 Å². The van der Waals surface area contributed by atoms with Crippen LogP contribution in [-0.2, 0) is 0 Å². The van der Waals surface area contributed by atoms with Crippen LogP contribution in [-0.4, -0.2) is 13.2 Å². The van der Waals surface area contributed by atoms with Crippen LogP contribution in [0.5, 0.6) is 0 Å². The Balaban J connectivity index is 2.38. The molecule has 0 aliphatic heterocycles. The van der Waals surface area contributed by atoms with Crippen molar-refractivity contribution in [1.82, 2.24) is 9.97 Å². The fourth-order valence-corrected chi connectivity index (χ4v) is 2.85. The summed E-state index contributed by atoms with van der Waals surface area (Å²) in [6.45, 7) is 6.88. The highest BCUT2D eigenvalue weighted by atomic mass is 28.3. The molecule has 0 saturated carbocycles. The maximum absolute atomic E-state index is 4.37. The Morgan fingerprint density at radius 3 is 2.26 bits per heavy atom. The number of hydrogen-bond acceptors (Lipinski definition) is 2. The Bertz CT molecular complexity index is 542. The molecule has 0 atom stereocenters. The second-order valence-corrected chi connectivity index (χ2v) is 10.3. The van der Waals surface area contributed by atoms with E-state index in [1.165, 1.54) is 5.56 Å². The lowest BCUT2D eigenvalue weighted by Crippen LogP contribution is -2.39. The van der Waals surface area contributed by atoms with Crippen molar-refractivity contribution in [2.45, 2.75) is 19.6 Å². The molecule has 1 aromatic heterocycles. The monoisotopic (exact) mass is 268 g/mol. The van der Waals surface area contributed by atoms with Gasteiger partial charge in [0, 0.05) is 11.9 Å². The van der Waals surface area contributed by atoms with Gasteiger partial charge in [-0.05, 0) is 23.8 Å². The summed E-state index contributed by atoms with van der Waals surface area (Å²) in [6, 6.07) is 16.4. The van der Waals surface area contributed by atoms with Gasteiger partial charge in [-0.25, -0.2) is 0 Å². The second-order valence-electron chi connectivity index (χ2n) is 5.55. The number of pyridine rings is 1. The summed E-state index contributed by atoms with van der Waals surface area (Å²) >= 11 is 0. The SMILES string of the molecule is C[Si](C)(C)N/C(=C/c1ccccn1)c1ccccc1. The van der Waals surface area contributed by atoms with Crippen LogP contribution in [0.3, 0.4) is 0 Å². The lowest BCUT2D eigenvalue weighted by molar-refractivity contribution is 1.25. The highest BCUT2D eigenvalue weighted by molar-refractivity contribution is 6.74. The van der Waals surface area contributed by atoms with Gasteiger partial charge >= 0.3 is 0 Å². The van der Waals surface area contributed by atoms with Crippen molar-refractivity contribution in [1.29, 1.82) is 0 Å². The van der Waals surface area contributed by atoms with E-state index in [9.17, 15) is 0 Å². The summed E-state index contributed by atoms with van der Waals surface area (Å²) in [4.78, 5) is 8.05. The van der Waals surface area contributed by atoms with E-state index in [4.69, 9.17) is 0 Å². The lowest BCUT2D eigenvalue weighted by atomic mass is 10.1. The molecule has 19 heavy (non-hydrogen) atoms. The molecule has 1 N–H and O–H groups in total. The molecule has 2 nitrogen and oxygen atoms in total. The molecule has 0 fully saturated rings. The van der Waals surface area contributed by atoms with Crippen molar-refractivity contribution in [3.8, 4) is 0 Å². The Labute approximate surface area is 116 Å². The van der Waals surface area contributed by atoms with Crippen molar-refractivity contribution in [3.63, 3.8) is 0 Å². The minimum Gasteiger partial charge on any atom is -0.410 e. The molecule has 1 aromatic carbocycles. The average Bonchev–Trinajstić information content (AvgIpc) is 2.39. The molecule has 2 aromatic rings. The van der Waals surface area contributed by atoms with E-state index >= 15 is 0 Å². The number of nitrogens with one attached hydrogen (secondary N) is 1. The van der Waals surface area contributed by atoms with Gasteiger partial charge in [0.1, 0.15) is 8.24 Å². The smallest absolute Gasteiger partial charge is 0.144 e. The predicted octanol–water partition coefficient (Wildman–Crippen LogP) is 4.00. The van der Waals surface area contributed by atoms with Crippen molar-refractivity contribution >= 4 is 20.0 Å². The van der Waals surface area contributed by atoms with Gasteiger partial charge in [-0.1, -0.05) is 56.0 Å². The highest BCUT2D eigenvalue weighted by Crippen LogP contribution is 2.17.